The first-order valence-electron chi connectivity index (χ1n) is 4.30. The van der Waals surface area contributed by atoms with Crippen molar-refractivity contribution >= 4 is 5.69 Å². The molecule has 0 heterocycles. The van der Waals surface area contributed by atoms with Crippen molar-refractivity contribution in [1.29, 1.82) is 0 Å². The Hall–Kier alpha value is -1.12. The van der Waals surface area contributed by atoms with Gasteiger partial charge < -0.3 is 5.73 Å². The topological polar surface area (TPSA) is 26.0 Å². The lowest BCUT2D eigenvalue weighted by atomic mass is 10.0. The van der Waals surface area contributed by atoms with Crippen molar-refractivity contribution in [1.82, 2.24) is 0 Å². The summed E-state index contributed by atoms with van der Waals surface area (Å²) in [5.41, 5.74) is 5.81. The maximum absolute atomic E-state index is 13.3. The molecule has 0 saturated carbocycles. The van der Waals surface area contributed by atoms with E-state index in [4.69, 9.17) is 5.73 Å². The number of rotatable bonds is 3. The highest BCUT2D eigenvalue weighted by atomic mass is 19.3. The highest BCUT2D eigenvalue weighted by Crippen LogP contribution is 2.33. The minimum Gasteiger partial charge on any atom is -0.399 e. The van der Waals surface area contributed by atoms with Gasteiger partial charge in [0.1, 0.15) is 0 Å². The van der Waals surface area contributed by atoms with Gasteiger partial charge in [-0.25, -0.2) is 8.78 Å². The molecular weight excluding hydrogens is 172 g/mol. The number of nitrogen functional groups attached to an aromatic ring is 1. The average Bonchev–Trinajstić information content (AvgIpc) is 2.04. The number of nitrogens with two attached hydrogens (primary N) is 1. The van der Waals surface area contributed by atoms with Crippen molar-refractivity contribution in [2.45, 2.75) is 25.7 Å². The molecule has 13 heavy (non-hydrogen) atoms. The molecule has 0 unspecified atom stereocenters. The monoisotopic (exact) mass is 185 g/mol. The quantitative estimate of drug-likeness (QED) is 0.719. The van der Waals surface area contributed by atoms with Crippen LogP contribution in [0.4, 0.5) is 14.5 Å². The van der Waals surface area contributed by atoms with Crippen LogP contribution in [0, 0.1) is 0 Å². The summed E-state index contributed by atoms with van der Waals surface area (Å²) < 4.78 is 26.6. The summed E-state index contributed by atoms with van der Waals surface area (Å²) in [5.74, 6) is -2.75. The zero-order valence-electron chi connectivity index (χ0n) is 7.56. The molecule has 1 rings (SSSR count). The smallest absolute Gasteiger partial charge is 0.273 e. The van der Waals surface area contributed by atoms with Crippen LogP contribution in [-0.2, 0) is 5.92 Å². The fraction of sp³-hybridized carbons (Fsp3) is 0.400. The van der Waals surface area contributed by atoms with Crippen LogP contribution in [0.5, 0.6) is 0 Å². The predicted octanol–water partition coefficient (Wildman–Crippen LogP) is 3.16. The molecule has 1 aromatic carbocycles. The van der Waals surface area contributed by atoms with Gasteiger partial charge in [0, 0.05) is 17.7 Å². The maximum atomic E-state index is 13.3. The van der Waals surface area contributed by atoms with Crippen molar-refractivity contribution in [2.24, 2.45) is 0 Å². The van der Waals surface area contributed by atoms with Gasteiger partial charge in [0.15, 0.2) is 0 Å². The number of hydrogen-bond acceptors (Lipinski definition) is 1. The normalized spacial score (nSPS) is 11.6. The zero-order valence-corrected chi connectivity index (χ0v) is 7.56. The minimum atomic E-state index is -2.75. The largest absolute Gasteiger partial charge is 0.399 e. The van der Waals surface area contributed by atoms with Crippen molar-refractivity contribution in [2.75, 3.05) is 5.73 Å². The van der Waals surface area contributed by atoms with E-state index in [0.717, 1.165) is 0 Å². The standard InChI is InChI=1S/C10H13F2N/c1-2-6-10(11,12)8-4-3-5-9(13)7-8/h3-5,7H,2,6,13H2,1H3. The molecule has 0 aliphatic rings. The van der Waals surface area contributed by atoms with Gasteiger partial charge in [-0.3, -0.25) is 0 Å². The van der Waals surface area contributed by atoms with Crippen LogP contribution < -0.4 is 5.73 Å². The van der Waals surface area contributed by atoms with E-state index in [0.29, 0.717) is 12.1 Å². The Morgan fingerprint density at radius 2 is 2.08 bits per heavy atom. The molecule has 0 amide bonds. The lowest BCUT2D eigenvalue weighted by Crippen LogP contribution is -2.12. The number of hydrogen-bond donors (Lipinski definition) is 1. The van der Waals surface area contributed by atoms with Crippen LogP contribution in [0.2, 0.25) is 0 Å². The molecule has 0 aromatic heterocycles. The molecule has 0 saturated heterocycles. The van der Waals surface area contributed by atoms with E-state index in [9.17, 15) is 8.78 Å². The summed E-state index contributed by atoms with van der Waals surface area (Å²) in [6.45, 7) is 1.74. The highest BCUT2D eigenvalue weighted by molar-refractivity contribution is 5.42. The molecule has 0 atom stereocenters. The van der Waals surface area contributed by atoms with Crippen molar-refractivity contribution in [3.05, 3.63) is 29.8 Å². The van der Waals surface area contributed by atoms with Gasteiger partial charge in [0.2, 0.25) is 0 Å². The van der Waals surface area contributed by atoms with Gasteiger partial charge in [0.25, 0.3) is 5.92 Å². The Bertz CT molecular complexity index is 284. The van der Waals surface area contributed by atoms with Crippen molar-refractivity contribution in [3.63, 3.8) is 0 Å². The van der Waals surface area contributed by atoms with E-state index < -0.39 is 5.92 Å². The Kier molecular flexibility index (Phi) is 2.86. The van der Waals surface area contributed by atoms with E-state index in [2.05, 4.69) is 0 Å². The third-order valence-electron chi connectivity index (χ3n) is 1.87. The Morgan fingerprint density at radius 3 is 2.62 bits per heavy atom. The number of alkyl halides is 2. The summed E-state index contributed by atoms with van der Waals surface area (Å²) >= 11 is 0. The van der Waals surface area contributed by atoms with Crippen molar-refractivity contribution in [3.8, 4) is 0 Å². The van der Waals surface area contributed by atoms with E-state index in [-0.39, 0.29) is 12.0 Å². The van der Waals surface area contributed by atoms with E-state index in [1.165, 1.54) is 12.1 Å². The van der Waals surface area contributed by atoms with Gasteiger partial charge in [0.05, 0.1) is 0 Å². The second-order valence-corrected chi connectivity index (χ2v) is 3.08. The third-order valence-corrected chi connectivity index (χ3v) is 1.87. The lowest BCUT2D eigenvalue weighted by molar-refractivity contribution is -0.0139. The first kappa shape index (κ1) is 9.96. The van der Waals surface area contributed by atoms with E-state index >= 15 is 0 Å². The van der Waals surface area contributed by atoms with Gasteiger partial charge in [-0.2, -0.15) is 0 Å². The molecular formula is C10H13F2N. The first-order chi connectivity index (χ1) is 6.06. The Morgan fingerprint density at radius 1 is 1.38 bits per heavy atom. The van der Waals surface area contributed by atoms with Crippen LogP contribution in [0.1, 0.15) is 25.3 Å². The van der Waals surface area contributed by atoms with Gasteiger partial charge in [-0.05, 0) is 12.1 Å². The average molecular weight is 185 g/mol. The predicted molar refractivity (Wildman–Crippen MR) is 49.7 cm³/mol. The third kappa shape index (κ3) is 2.41. The molecule has 2 N–H and O–H groups in total. The summed E-state index contributed by atoms with van der Waals surface area (Å²) in [6.07, 6.45) is 0.332. The van der Waals surface area contributed by atoms with Gasteiger partial charge in [-0.1, -0.05) is 25.5 Å². The fourth-order valence-corrected chi connectivity index (χ4v) is 1.22. The first-order valence-corrected chi connectivity index (χ1v) is 4.30. The summed E-state index contributed by atoms with van der Waals surface area (Å²) in [7, 11) is 0. The second kappa shape index (κ2) is 3.73. The van der Waals surface area contributed by atoms with Crippen LogP contribution in [0.15, 0.2) is 24.3 Å². The molecule has 0 fully saturated rings. The number of anilines is 1. The highest BCUT2D eigenvalue weighted by Gasteiger charge is 2.29. The Balaban J connectivity index is 2.93. The van der Waals surface area contributed by atoms with Crippen LogP contribution >= 0.6 is 0 Å². The van der Waals surface area contributed by atoms with Gasteiger partial charge in [-0.15, -0.1) is 0 Å². The van der Waals surface area contributed by atoms with Gasteiger partial charge >= 0.3 is 0 Å². The molecule has 1 nitrogen and oxygen atoms in total. The van der Waals surface area contributed by atoms with Crippen molar-refractivity contribution < 1.29 is 8.78 Å². The number of benzene rings is 1. The van der Waals surface area contributed by atoms with Crippen LogP contribution in [0.3, 0.4) is 0 Å². The SMILES string of the molecule is CCCC(F)(F)c1cccc(N)c1. The zero-order chi connectivity index (χ0) is 9.90. The minimum absolute atomic E-state index is 0.00866. The summed E-state index contributed by atoms with van der Waals surface area (Å²) in [6, 6.07) is 5.89. The van der Waals surface area contributed by atoms with E-state index in [1.54, 1.807) is 19.1 Å². The molecule has 0 radical (unpaired) electrons. The van der Waals surface area contributed by atoms with Crippen LogP contribution in [-0.4, -0.2) is 0 Å². The molecule has 1 aromatic rings. The lowest BCUT2D eigenvalue weighted by Gasteiger charge is -2.15. The fourth-order valence-electron chi connectivity index (χ4n) is 1.22. The number of halogens is 2. The summed E-state index contributed by atoms with van der Waals surface area (Å²) in [5, 5.41) is 0. The molecule has 3 heteroatoms. The Labute approximate surface area is 76.6 Å². The molecule has 0 aliphatic carbocycles. The molecule has 0 spiro atoms. The van der Waals surface area contributed by atoms with Crippen LogP contribution in [0.25, 0.3) is 0 Å². The molecule has 0 bridgehead atoms. The molecule has 72 valence electrons. The molecule has 0 aliphatic heterocycles. The second-order valence-electron chi connectivity index (χ2n) is 3.08. The maximum Gasteiger partial charge on any atom is 0.273 e. The van der Waals surface area contributed by atoms with E-state index in [1.807, 2.05) is 0 Å². The summed E-state index contributed by atoms with van der Waals surface area (Å²) in [4.78, 5) is 0.